The summed E-state index contributed by atoms with van der Waals surface area (Å²) in [7, 11) is 1.82. The van der Waals surface area contributed by atoms with E-state index in [4.69, 9.17) is 0 Å². The van der Waals surface area contributed by atoms with Crippen LogP contribution < -0.4 is 4.90 Å². The predicted octanol–water partition coefficient (Wildman–Crippen LogP) is 2.35. The van der Waals surface area contributed by atoms with E-state index in [1.54, 1.807) is 17.1 Å². The third-order valence-corrected chi connectivity index (χ3v) is 5.69. The second-order valence-electron chi connectivity index (χ2n) is 8.32. The molecule has 1 amide bonds. The quantitative estimate of drug-likeness (QED) is 0.847. The fraction of sp³-hybridized carbons (Fsp3) is 0.526. The highest BCUT2D eigenvalue weighted by Gasteiger charge is 2.49. The minimum absolute atomic E-state index is 0.229. The molecule has 1 N–H and O–H groups in total. The van der Waals surface area contributed by atoms with E-state index >= 15 is 0 Å². The molecule has 1 aliphatic heterocycles. The summed E-state index contributed by atoms with van der Waals surface area (Å²) in [5.74, 6) is 0.476. The number of nitriles is 1. The molecule has 3 rings (SSSR count). The van der Waals surface area contributed by atoms with Gasteiger partial charge in [-0.3, -0.25) is 9.58 Å². The summed E-state index contributed by atoms with van der Waals surface area (Å²) in [4.78, 5) is 24.3. The molecule has 1 aliphatic rings. The Bertz CT molecular complexity index is 940. The molecular formula is C19H25N7O2. The summed E-state index contributed by atoms with van der Waals surface area (Å²) >= 11 is 0. The highest BCUT2D eigenvalue weighted by Crippen LogP contribution is 2.39. The molecule has 1 unspecified atom stereocenters. The maximum atomic E-state index is 11.8. The highest BCUT2D eigenvalue weighted by molar-refractivity contribution is 5.68. The summed E-state index contributed by atoms with van der Waals surface area (Å²) in [6.45, 7) is 9.20. The Kier molecular flexibility index (Phi) is 4.75. The number of anilines is 1. The number of hydrogen-bond donors (Lipinski definition) is 1. The number of amides is 1. The van der Waals surface area contributed by atoms with Crippen LogP contribution in [0.1, 0.15) is 33.4 Å². The molecular weight excluding hydrogens is 358 g/mol. The second kappa shape index (κ2) is 6.78. The van der Waals surface area contributed by atoms with Gasteiger partial charge in [0.2, 0.25) is 0 Å². The summed E-state index contributed by atoms with van der Waals surface area (Å²) in [5.41, 5.74) is 0.692. The Balaban J connectivity index is 2.03. The number of aromatic nitrogens is 4. The van der Waals surface area contributed by atoms with Gasteiger partial charge in [0, 0.05) is 38.4 Å². The van der Waals surface area contributed by atoms with Crippen LogP contribution in [0, 0.1) is 16.7 Å². The summed E-state index contributed by atoms with van der Waals surface area (Å²) in [6.07, 6.45) is 4.16. The van der Waals surface area contributed by atoms with Gasteiger partial charge < -0.3 is 10.0 Å². The maximum Gasteiger partial charge on any atom is 0.407 e. The number of aryl methyl sites for hydroxylation is 1. The molecule has 0 radical (unpaired) electrons. The molecule has 2 aromatic rings. The van der Waals surface area contributed by atoms with Crippen molar-refractivity contribution in [2.45, 2.75) is 33.2 Å². The first-order chi connectivity index (χ1) is 13.1. The van der Waals surface area contributed by atoms with Crippen LogP contribution in [0.2, 0.25) is 0 Å². The molecule has 9 heteroatoms. The van der Waals surface area contributed by atoms with Crippen molar-refractivity contribution in [3.05, 3.63) is 24.3 Å². The standard InChI is InChI=1S/C19H25N7O2/c1-18(2,3)19(4)12-25(6-7-26(19)17(27)28)16-14(8-20)21-10-15(23-16)13-9-22-24(5)11-13/h9-11H,6-7,12H2,1-5H3,(H,27,28). The molecule has 9 nitrogen and oxygen atoms in total. The van der Waals surface area contributed by atoms with Crippen molar-refractivity contribution < 1.29 is 9.90 Å². The molecule has 148 valence electrons. The van der Waals surface area contributed by atoms with Crippen LogP contribution in [-0.2, 0) is 7.05 Å². The molecule has 0 saturated carbocycles. The molecule has 0 bridgehead atoms. The van der Waals surface area contributed by atoms with Gasteiger partial charge >= 0.3 is 6.09 Å². The Morgan fingerprint density at radius 1 is 1.32 bits per heavy atom. The van der Waals surface area contributed by atoms with Crippen LogP contribution in [0.3, 0.4) is 0 Å². The van der Waals surface area contributed by atoms with Crippen molar-refractivity contribution in [2.75, 3.05) is 24.5 Å². The topological polar surface area (TPSA) is 111 Å². The Labute approximate surface area is 164 Å². The number of carboxylic acid groups (broad SMARTS) is 1. The van der Waals surface area contributed by atoms with Gasteiger partial charge in [0.25, 0.3) is 0 Å². The van der Waals surface area contributed by atoms with Gasteiger partial charge in [0.15, 0.2) is 11.5 Å². The van der Waals surface area contributed by atoms with Crippen molar-refractivity contribution in [2.24, 2.45) is 12.5 Å². The lowest BCUT2D eigenvalue weighted by molar-refractivity contribution is 0.00726. The molecule has 0 aromatic carbocycles. The van der Waals surface area contributed by atoms with Gasteiger partial charge in [-0.1, -0.05) is 20.8 Å². The Morgan fingerprint density at radius 2 is 2.04 bits per heavy atom. The van der Waals surface area contributed by atoms with E-state index in [9.17, 15) is 15.2 Å². The van der Waals surface area contributed by atoms with Crippen molar-refractivity contribution in [1.82, 2.24) is 24.6 Å². The van der Waals surface area contributed by atoms with E-state index < -0.39 is 11.6 Å². The summed E-state index contributed by atoms with van der Waals surface area (Å²) < 4.78 is 1.68. The van der Waals surface area contributed by atoms with Crippen LogP contribution in [0.4, 0.5) is 10.6 Å². The first-order valence-corrected chi connectivity index (χ1v) is 9.08. The fourth-order valence-corrected chi connectivity index (χ4v) is 3.50. The molecule has 3 heterocycles. The molecule has 1 fully saturated rings. The summed E-state index contributed by atoms with van der Waals surface area (Å²) in [5, 5.41) is 23.4. The number of rotatable bonds is 2. The number of piperazine rings is 1. The van der Waals surface area contributed by atoms with Gasteiger partial charge in [-0.25, -0.2) is 14.8 Å². The first-order valence-electron chi connectivity index (χ1n) is 9.08. The van der Waals surface area contributed by atoms with Crippen molar-refractivity contribution in [3.63, 3.8) is 0 Å². The van der Waals surface area contributed by atoms with Crippen LogP contribution in [0.5, 0.6) is 0 Å². The molecule has 2 aromatic heterocycles. The SMILES string of the molecule is Cn1cc(-c2cnc(C#N)c(N3CCN(C(=O)O)C(C)(C(C)(C)C)C3)n2)cn1. The van der Waals surface area contributed by atoms with E-state index in [2.05, 4.69) is 21.1 Å². The van der Waals surface area contributed by atoms with Crippen molar-refractivity contribution >= 4 is 11.9 Å². The maximum absolute atomic E-state index is 11.8. The highest BCUT2D eigenvalue weighted by atomic mass is 16.4. The van der Waals surface area contributed by atoms with Crippen LogP contribution in [0.15, 0.2) is 18.6 Å². The second-order valence-corrected chi connectivity index (χ2v) is 8.32. The summed E-state index contributed by atoms with van der Waals surface area (Å²) in [6, 6.07) is 2.11. The monoisotopic (exact) mass is 383 g/mol. The average molecular weight is 383 g/mol. The smallest absolute Gasteiger partial charge is 0.407 e. The van der Waals surface area contributed by atoms with Crippen molar-refractivity contribution in [1.29, 1.82) is 5.26 Å². The molecule has 28 heavy (non-hydrogen) atoms. The average Bonchev–Trinajstić information content (AvgIpc) is 3.06. The van der Waals surface area contributed by atoms with Crippen molar-refractivity contribution in [3.8, 4) is 17.3 Å². The van der Waals surface area contributed by atoms with E-state index in [-0.39, 0.29) is 11.1 Å². The minimum atomic E-state index is -0.937. The minimum Gasteiger partial charge on any atom is -0.465 e. The van der Waals surface area contributed by atoms with E-state index in [1.165, 1.54) is 4.90 Å². The zero-order valence-electron chi connectivity index (χ0n) is 16.8. The lowest BCUT2D eigenvalue weighted by Crippen LogP contribution is -2.67. The third kappa shape index (κ3) is 3.26. The van der Waals surface area contributed by atoms with Gasteiger partial charge in [-0.05, 0) is 12.3 Å². The van der Waals surface area contributed by atoms with Gasteiger partial charge in [0.1, 0.15) is 6.07 Å². The third-order valence-electron chi connectivity index (χ3n) is 5.69. The van der Waals surface area contributed by atoms with Gasteiger partial charge in [-0.2, -0.15) is 10.4 Å². The number of nitrogens with zero attached hydrogens (tertiary/aromatic N) is 7. The lowest BCUT2D eigenvalue weighted by atomic mass is 9.72. The van der Waals surface area contributed by atoms with Gasteiger partial charge in [-0.15, -0.1) is 0 Å². The van der Waals surface area contributed by atoms with Crippen LogP contribution >= 0.6 is 0 Å². The molecule has 0 aliphatic carbocycles. The zero-order chi connectivity index (χ0) is 20.7. The Morgan fingerprint density at radius 3 is 2.57 bits per heavy atom. The predicted molar refractivity (Wildman–Crippen MR) is 104 cm³/mol. The molecule has 1 atom stereocenters. The number of hydrogen-bond acceptors (Lipinski definition) is 6. The van der Waals surface area contributed by atoms with E-state index in [1.807, 2.05) is 45.8 Å². The largest absolute Gasteiger partial charge is 0.465 e. The normalized spacial score (nSPS) is 20.1. The Hall–Kier alpha value is -3.15. The molecule has 0 spiro atoms. The van der Waals surface area contributed by atoms with E-state index in [0.717, 1.165) is 5.56 Å². The fourth-order valence-electron chi connectivity index (χ4n) is 3.50. The first kappa shape index (κ1) is 19.6. The van der Waals surface area contributed by atoms with Crippen LogP contribution in [-0.4, -0.2) is 61.0 Å². The van der Waals surface area contributed by atoms with Crippen LogP contribution in [0.25, 0.3) is 11.3 Å². The zero-order valence-corrected chi connectivity index (χ0v) is 16.8. The lowest BCUT2D eigenvalue weighted by Gasteiger charge is -2.54. The molecule has 1 saturated heterocycles. The number of carbonyl (C=O) groups is 1. The van der Waals surface area contributed by atoms with Gasteiger partial charge in [0.05, 0.1) is 23.6 Å². The van der Waals surface area contributed by atoms with E-state index in [0.29, 0.717) is 31.1 Å².